The molecule has 0 rings (SSSR count). The normalized spacial score (nSPS) is 12.0. The standard InChI is InChI=1S/C3H7F3Si/c1-7(6,2-4)3-5/h2-3H2,1H3. The van der Waals surface area contributed by atoms with E-state index in [9.17, 15) is 12.9 Å². The highest BCUT2D eigenvalue weighted by atomic mass is 28.4. The third-order valence-corrected chi connectivity index (χ3v) is 1.67. The van der Waals surface area contributed by atoms with Crippen LogP contribution in [-0.2, 0) is 0 Å². The molecule has 0 bridgehead atoms. The molecule has 0 aliphatic heterocycles. The maximum atomic E-state index is 11.9. The van der Waals surface area contributed by atoms with Gasteiger partial charge >= 0.3 is 8.41 Å². The monoisotopic (exact) mass is 128 g/mol. The van der Waals surface area contributed by atoms with E-state index in [1.807, 2.05) is 0 Å². The van der Waals surface area contributed by atoms with Gasteiger partial charge in [0.1, 0.15) is 12.6 Å². The lowest BCUT2D eigenvalue weighted by Gasteiger charge is -2.03. The van der Waals surface area contributed by atoms with E-state index in [0.29, 0.717) is 0 Å². The number of hydrogen-bond acceptors (Lipinski definition) is 0. The molecule has 0 aromatic rings. The van der Waals surface area contributed by atoms with Crippen molar-refractivity contribution < 1.29 is 12.9 Å². The van der Waals surface area contributed by atoms with E-state index in [2.05, 4.69) is 0 Å². The minimum absolute atomic E-state index is 1.02. The van der Waals surface area contributed by atoms with Crippen molar-refractivity contribution in [3.05, 3.63) is 0 Å². The van der Waals surface area contributed by atoms with Crippen LogP contribution in [0.3, 0.4) is 0 Å². The van der Waals surface area contributed by atoms with Crippen LogP contribution in [0.2, 0.25) is 6.55 Å². The molecule has 0 fully saturated rings. The summed E-state index contributed by atoms with van der Waals surface area (Å²) >= 11 is 0. The second-order valence-corrected chi connectivity index (χ2v) is 5.04. The summed E-state index contributed by atoms with van der Waals surface area (Å²) in [6, 6.07) is 0. The molecular weight excluding hydrogens is 121 g/mol. The lowest BCUT2D eigenvalue weighted by molar-refractivity contribution is 0.494. The summed E-state index contributed by atoms with van der Waals surface area (Å²) in [7, 11) is -3.48. The zero-order valence-electron chi connectivity index (χ0n) is 4.05. The lowest BCUT2D eigenvalue weighted by Crippen LogP contribution is -2.30. The Labute approximate surface area is 41.5 Å². The molecule has 0 amide bonds. The molecule has 0 radical (unpaired) electrons. The van der Waals surface area contributed by atoms with Gasteiger partial charge in [-0.25, -0.2) is 0 Å². The maximum Gasteiger partial charge on any atom is 0.304 e. The summed E-state index contributed by atoms with van der Waals surface area (Å²) in [5.41, 5.74) is 0. The van der Waals surface area contributed by atoms with Crippen molar-refractivity contribution in [1.29, 1.82) is 0 Å². The Bertz CT molecular complexity index is 48.1. The van der Waals surface area contributed by atoms with Crippen molar-refractivity contribution in [2.45, 2.75) is 6.55 Å². The third-order valence-electron chi connectivity index (χ3n) is 0.557. The van der Waals surface area contributed by atoms with Crippen molar-refractivity contribution in [1.82, 2.24) is 0 Å². The molecule has 0 saturated heterocycles. The molecule has 44 valence electrons. The van der Waals surface area contributed by atoms with E-state index in [4.69, 9.17) is 0 Å². The molecule has 0 saturated carbocycles. The van der Waals surface area contributed by atoms with Crippen LogP contribution in [-0.4, -0.2) is 21.0 Å². The Kier molecular flexibility index (Phi) is 2.35. The highest BCUT2D eigenvalue weighted by Crippen LogP contribution is 2.03. The van der Waals surface area contributed by atoms with Gasteiger partial charge in [-0.2, -0.15) is 0 Å². The Balaban J connectivity index is 3.36. The van der Waals surface area contributed by atoms with Crippen LogP contribution in [0, 0.1) is 0 Å². The van der Waals surface area contributed by atoms with Crippen molar-refractivity contribution in [2.75, 3.05) is 12.6 Å². The van der Waals surface area contributed by atoms with Gasteiger partial charge in [0, 0.05) is 0 Å². The molecule has 0 aromatic heterocycles. The Hall–Kier alpha value is 0.00688. The predicted molar refractivity (Wildman–Crippen MR) is 24.7 cm³/mol. The molecule has 0 aromatic carbocycles. The molecule has 0 unspecified atom stereocenters. The van der Waals surface area contributed by atoms with Gasteiger partial charge in [0.25, 0.3) is 0 Å². The largest absolute Gasteiger partial charge is 0.309 e. The van der Waals surface area contributed by atoms with Crippen LogP contribution in [0.4, 0.5) is 12.9 Å². The van der Waals surface area contributed by atoms with Gasteiger partial charge in [0.2, 0.25) is 0 Å². The van der Waals surface area contributed by atoms with E-state index in [-0.39, 0.29) is 0 Å². The smallest absolute Gasteiger partial charge is 0.304 e. The topological polar surface area (TPSA) is 0 Å². The zero-order chi connectivity index (χ0) is 5.91. The Morgan fingerprint density at radius 3 is 1.57 bits per heavy atom. The van der Waals surface area contributed by atoms with Crippen LogP contribution < -0.4 is 0 Å². The summed E-state index contributed by atoms with van der Waals surface area (Å²) in [6.45, 7) is 1.02. The molecule has 0 spiro atoms. The molecule has 0 aliphatic rings. The fourth-order valence-electron chi connectivity index (χ4n) is 0.0357. The number of alkyl halides is 2. The molecule has 0 atom stereocenters. The lowest BCUT2D eigenvalue weighted by atomic mass is 11.7. The first-order valence-electron chi connectivity index (χ1n) is 1.93. The second kappa shape index (κ2) is 2.35. The maximum absolute atomic E-state index is 11.9. The van der Waals surface area contributed by atoms with Crippen LogP contribution in [0.1, 0.15) is 0 Å². The first-order chi connectivity index (χ1) is 3.12. The van der Waals surface area contributed by atoms with Gasteiger partial charge < -0.3 is 4.11 Å². The van der Waals surface area contributed by atoms with Crippen molar-refractivity contribution in [3.8, 4) is 0 Å². The van der Waals surface area contributed by atoms with Gasteiger partial charge in [0.05, 0.1) is 0 Å². The first kappa shape index (κ1) is 7.01. The highest BCUT2D eigenvalue weighted by molar-refractivity contribution is 6.71. The van der Waals surface area contributed by atoms with Gasteiger partial charge in [-0.15, -0.1) is 0 Å². The molecule has 0 heterocycles. The first-order valence-corrected chi connectivity index (χ1v) is 4.72. The minimum Gasteiger partial charge on any atom is -0.309 e. The molecule has 0 nitrogen and oxygen atoms in total. The van der Waals surface area contributed by atoms with Gasteiger partial charge in [-0.3, -0.25) is 8.78 Å². The van der Waals surface area contributed by atoms with Crippen molar-refractivity contribution in [3.63, 3.8) is 0 Å². The number of halogens is 3. The average molecular weight is 128 g/mol. The summed E-state index contributed by atoms with van der Waals surface area (Å²) in [6.07, 6.45) is -2.22. The van der Waals surface area contributed by atoms with Crippen molar-refractivity contribution in [2.24, 2.45) is 0 Å². The Morgan fingerprint density at radius 1 is 1.29 bits per heavy atom. The highest BCUT2D eigenvalue weighted by Gasteiger charge is 2.27. The summed E-state index contributed by atoms with van der Waals surface area (Å²) in [5, 5.41) is 0. The second-order valence-electron chi connectivity index (χ2n) is 1.68. The minimum atomic E-state index is -3.48. The molecular formula is C3H7F3Si. The van der Waals surface area contributed by atoms with Gasteiger partial charge in [-0.05, 0) is 6.55 Å². The summed E-state index contributed by atoms with van der Waals surface area (Å²) in [4.78, 5) is 0. The average Bonchev–Trinajstić information content (AvgIpc) is 1.68. The van der Waals surface area contributed by atoms with Crippen molar-refractivity contribution >= 4 is 8.41 Å². The van der Waals surface area contributed by atoms with Gasteiger partial charge in [-0.1, -0.05) is 0 Å². The van der Waals surface area contributed by atoms with E-state index in [1.54, 1.807) is 0 Å². The van der Waals surface area contributed by atoms with Crippen LogP contribution in [0.25, 0.3) is 0 Å². The number of hydrogen-bond donors (Lipinski definition) is 0. The van der Waals surface area contributed by atoms with Gasteiger partial charge in [0.15, 0.2) is 0 Å². The quantitative estimate of drug-likeness (QED) is 0.391. The molecule has 7 heavy (non-hydrogen) atoms. The van der Waals surface area contributed by atoms with Crippen LogP contribution in [0.15, 0.2) is 0 Å². The van der Waals surface area contributed by atoms with Crippen LogP contribution >= 0.6 is 0 Å². The predicted octanol–water partition coefficient (Wildman–Crippen LogP) is 1.55. The summed E-state index contributed by atoms with van der Waals surface area (Å²) < 4.78 is 34.4. The van der Waals surface area contributed by atoms with E-state index >= 15 is 0 Å². The third kappa shape index (κ3) is 2.67. The summed E-state index contributed by atoms with van der Waals surface area (Å²) in [5.74, 6) is 0. The fourth-order valence-corrected chi connectivity index (χ4v) is 0.107. The molecule has 0 N–H and O–H groups in total. The van der Waals surface area contributed by atoms with Crippen LogP contribution in [0.5, 0.6) is 0 Å². The SMILES string of the molecule is C[Si](F)(CF)CF. The molecule has 0 aliphatic carbocycles. The molecule has 4 heteroatoms. The fraction of sp³-hybridized carbons (Fsp3) is 1.00. The van der Waals surface area contributed by atoms with E-state index < -0.39 is 21.0 Å². The zero-order valence-corrected chi connectivity index (χ0v) is 5.05. The Morgan fingerprint density at radius 2 is 1.57 bits per heavy atom. The number of rotatable bonds is 2. The van der Waals surface area contributed by atoms with E-state index in [0.717, 1.165) is 6.55 Å². The van der Waals surface area contributed by atoms with E-state index in [1.165, 1.54) is 0 Å².